The molecule has 2 N–H and O–H groups in total. The average molecular weight is 422 g/mol. The Balaban J connectivity index is 1.52. The first-order chi connectivity index (χ1) is 15.0. The number of ether oxygens (including phenoxy) is 1. The summed E-state index contributed by atoms with van der Waals surface area (Å²) in [5, 5.41) is 6.29. The number of hydrogen-bond acceptors (Lipinski definition) is 4. The number of methoxy groups -OCH3 is 1. The summed E-state index contributed by atoms with van der Waals surface area (Å²) in [7, 11) is 1.62. The summed E-state index contributed by atoms with van der Waals surface area (Å²) in [4.78, 5) is 27.6. The second-order valence-corrected chi connectivity index (χ2v) is 8.87. The Morgan fingerprint density at radius 3 is 2.65 bits per heavy atom. The van der Waals surface area contributed by atoms with Gasteiger partial charge in [0.15, 0.2) is 0 Å². The first kappa shape index (κ1) is 21.4. The molecule has 0 aromatic heterocycles. The van der Waals surface area contributed by atoms with E-state index in [0.717, 1.165) is 37.1 Å². The molecule has 2 amide bonds. The van der Waals surface area contributed by atoms with Gasteiger partial charge in [0.25, 0.3) is 0 Å². The van der Waals surface area contributed by atoms with E-state index in [9.17, 15) is 9.59 Å². The van der Waals surface area contributed by atoms with Crippen LogP contribution in [0, 0.1) is 0 Å². The number of likely N-dealkylation sites (tertiary alicyclic amines) is 1. The molecule has 6 heteroatoms. The monoisotopic (exact) mass is 421 g/mol. The first-order valence-electron chi connectivity index (χ1n) is 11.0. The molecule has 0 radical (unpaired) electrons. The van der Waals surface area contributed by atoms with Crippen molar-refractivity contribution in [3.63, 3.8) is 0 Å². The van der Waals surface area contributed by atoms with Crippen LogP contribution in [-0.4, -0.2) is 48.0 Å². The summed E-state index contributed by atoms with van der Waals surface area (Å²) in [5.74, 6) is 0.835. The smallest absolute Gasteiger partial charge is 0.238 e. The molecule has 2 fully saturated rings. The average Bonchev–Trinajstić information content (AvgIpc) is 2.89. The maximum absolute atomic E-state index is 13.0. The van der Waals surface area contributed by atoms with Crippen LogP contribution >= 0.6 is 0 Å². The van der Waals surface area contributed by atoms with Crippen LogP contribution < -0.4 is 15.4 Å². The van der Waals surface area contributed by atoms with Crippen molar-refractivity contribution in [3.05, 3.63) is 60.2 Å². The summed E-state index contributed by atoms with van der Waals surface area (Å²) in [6.45, 7) is 2.44. The molecule has 2 aromatic carbocycles. The minimum absolute atomic E-state index is 0.0388. The molecule has 2 aliphatic heterocycles. The Kier molecular flexibility index (Phi) is 6.28. The Hall–Kier alpha value is -2.86. The number of carbonyl (C=O) groups excluding carboxylic acids is 2. The molecule has 0 spiro atoms. The molecule has 3 atom stereocenters. The largest absolute Gasteiger partial charge is 0.497 e. The fourth-order valence-corrected chi connectivity index (χ4v) is 5.17. The number of nitrogens with zero attached hydrogens (tertiary/aromatic N) is 1. The molecular weight excluding hydrogens is 390 g/mol. The van der Waals surface area contributed by atoms with Crippen LogP contribution in [0.3, 0.4) is 0 Å². The SMILES string of the molecule is COc1ccc(NC(=O)CN2[C@H](Cc3ccccc3)C[C@]3(C)NC(=O)CCC[C@H]23)cc1. The van der Waals surface area contributed by atoms with Gasteiger partial charge in [-0.3, -0.25) is 14.5 Å². The fraction of sp³-hybridized carbons (Fsp3) is 0.440. The standard InChI is InChI=1S/C25H31N3O3/c1-25-16-20(15-18-7-4-3-5-8-18)28(22(25)9-6-10-23(29)27-25)17-24(30)26-19-11-13-21(31-2)14-12-19/h3-5,7-8,11-14,20,22H,6,9-10,15-17H2,1-2H3,(H,26,30)(H,27,29)/t20-,22+,25+/m1/s1. The predicted molar refractivity (Wildman–Crippen MR) is 121 cm³/mol. The Morgan fingerprint density at radius 2 is 1.94 bits per heavy atom. The molecule has 2 aliphatic rings. The normalized spacial score (nSPS) is 25.9. The third-order valence-electron chi connectivity index (χ3n) is 6.58. The van der Waals surface area contributed by atoms with Crippen molar-refractivity contribution in [2.45, 2.75) is 56.7 Å². The minimum Gasteiger partial charge on any atom is -0.497 e. The van der Waals surface area contributed by atoms with Gasteiger partial charge in [-0.05, 0) is 62.4 Å². The second-order valence-electron chi connectivity index (χ2n) is 8.87. The van der Waals surface area contributed by atoms with E-state index in [-0.39, 0.29) is 29.4 Å². The number of anilines is 1. The van der Waals surface area contributed by atoms with E-state index in [1.165, 1.54) is 5.56 Å². The summed E-state index contributed by atoms with van der Waals surface area (Å²) in [5.41, 5.74) is 1.69. The van der Waals surface area contributed by atoms with Gasteiger partial charge in [0, 0.05) is 24.2 Å². The van der Waals surface area contributed by atoms with E-state index >= 15 is 0 Å². The molecule has 0 saturated carbocycles. The summed E-state index contributed by atoms with van der Waals surface area (Å²) in [6.07, 6.45) is 4.02. The molecule has 164 valence electrons. The minimum atomic E-state index is -0.312. The van der Waals surface area contributed by atoms with Crippen molar-refractivity contribution in [2.24, 2.45) is 0 Å². The number of rotatable bonds is 6. The van der Waals surface area contributed by atoms with Gasteiger partial charge in [-0.2, -0.15) is 0 Å². The lowest BCUT2D eigenvalue weighted by atomic mass is 9.89. The highest BCUT2D eigenvalue weighted by Crippen LogP contribution is 2.39. The van der Waals surface area contributed by atoms with Crippen LogP contribution in [0.25, 0.3) is 0 Å². The molecule has 0 bridgehead atoms. The van der Waals surface area contributed by atoms with Crippen LogP contribution in [0.15, 0.2) is 54.6 Å². The van der Waals surface area contributed by atoms with Gasteiger partial charge in [-0.1, -0.05) is 30.3 Å². The van der Waals surface area contributed by atoms with Gasteiger partial charge in [-0.25, -0.2) is 0 Å². The molecule has 4 rings (SSSR count). The number of benzene rings is 2. The van der Waals surface area contributed by atoms with Crippen molar-refractivity contribution in [1.82, 2.24) is 10.2 Å². The Labute approximate surface area is 184 Å². The zero-order chi connectivity index (χ0) is 21.8. The van der Waals surface area contributed by atoms with E-state index in [1.54, 1.807) is 7.11 Å². The number of nitrogens with one attached hydrogen (secondary N) is 2. The lowest BCUT2D eigenvalue weighted by molar-refractivity contribution is -0.122. The third-order valence-corrected chi connectivity index (χ3v) is 6.58. The van der Waals surface area contributed by atoms with Crippen molar-refractivity contribution in [2.75, 3.05) is 19.0 Å². The van der Waals surface area contributed by atoms with Crippen LogP contribution in [0.5, 0.6) is 5.75 Å². The van der Waals surface area contributed by atoms with Crippen molar-refractivity contribution in [3.8, 4) is 5.75 Å². The van der Waals surface area contributed by atoms with Gasteiger partial charge < -0.3 is 15.4 Å². The number of carbonyl (C=O) groups is 2. The van der Waals surface area contributed by atoms with E-state index in [4.69, 9.17) is 4.74 Å². The number of hydrogen-bond donors (Lipinski definition) is 2. The fourth-order valence-electron chi connectivity index (χ4n) is 5.17. The highest BCUT2D eigenvalue weighted by Gasteiger charge is 2.50. The number of amides is 2. The molecule has 0 aliphatic carbocycles. The Morgan fingerprint density at radius 1 is 1.19 bits per heavy atom. The van der Waals surface area contributed by atoms with E-state index < -0.39 is 0 Å². The van der Waals surface area contributed by atoms with Crippen LogP contribution in [-0.2, 0) is 16.0 Å². The third kappa shape index (κ3) is 4.90. The van der Waals surface area contributed by atoms with Gasteiger partial charge >= 0.3 is 0 Å². The van der Waals surface area contributed by atoms with E-state index in [1.807, 2.05) is 42.5 Å². The molecule has 0 unspecified atom stereocenters. The molecule has 2 saturated heterocycles. The van der Waals surface area contributed by atoms with Crippen molar-refractivity contribution < 1.29 is 14.3 Å². The van der Waals surface area contributed by atoms with Crippen LogP contribution in [0.1, 0.15) is 38.2 Å². The maximum Gasteiger partial charge on any atom is 0.238 e. The zero-order valence-electron chi connectivity index (χ0n) is 18.3. The highest BCUT2D eigenvalue weighted by molar-refractivity contribution is 5.92. The van der Waals surface area contributed by atoms with Gasteiger partial charge in [0.2, 0.25) is 11.8 Å². The van der Waals surface area contributed by atoms with Crippen molar-refractivity contribution >= 4 is 17.5 Å². The summed E-state index contributed by atoms with van der Waals surface area (Å²) >= 11 is 0. The van der Waals surface area contributed by atoms with Gasteiger partial charge in [0.05, 0.1) is 19.2 Å². The molecule has 31 heavy (non-hydrogen) atoms. The topological polar surface area (TPSA) is 70.7 Å². The summed E-state index contributed by atoms with van der Waals surface area (Å²) < 4.78 is 5.19. The van der Waals surface area contributed by atoms with Gasteiger partial charge in [0.1, 0.15) is 5.75 Å². The van der Waals surface area contributed by atoms with Crippen LogP contribution in [0.2, 0.25) is 0 Å². The first-order valence-corrected chi connectivity index (χ1v) is 11.0. The van der Waals surface area contributed by atoms with E-state index in [0.29, 0.717) is 13.0 Å². The van der Waals surface area contributed by atoms with Crippen molar-refractivity contribution in [1.29, 1.82) is 0 Å². The number of fused-ring (bicyclic) bond motifs is 1. The molecular formula is C25H31N3O3. The second kappa shape index (κ2) is 9.10. The zero-order valence-corrected chi connectivity index (χ0v) is 18.3. The lowest BCUT2D eigenvalue weighted by Gasteiger charge is -2.34. The Bertz CT molecular complexity index is 915. The quantitative estimate of drug-likeness (QED) is 0.750. The molecule has 2 aromatic rings. The lowest BCUT2D eigenvalue weighted by Crippen LogP contribution is -2.54. The highest BCUT2D eigenvalue weighted by atomic mass is 16.5. The summed E-state index contributed by atoms with van der Waals surface area (Å²) in [6, 6.07) is 18.1. The van der Waals surface area contributed by atoms with Crippen LogP contribution in [0.4, 0.5) is 5.69 Å². The predicted octanol–water partition coefficient (Wildman–Crippen LogP) is 3.38. The molecule has 2 heterocycles. The maximum atomic E-state index is 13.0. The molecule has 6 nitrogen and oxygen atoms in total. The van der Waals surface area contributed by atoms with Gasteiger partial charge in [-0.15, -0.1) is 0 Å². The van der Waals surface area contributed by atoms with E-state index in [2.05, 4.69) is 34.6 Å².